The Hall–Kier alpha value is -1.39. The summed E-state index contributed by atoms with van der Waals surface area (Å²) in [7, 11) is 0. The average Bonchev–Trinajstić information content (AvgIpc) is 2.16. The second kappa shape index (κ2) is 4.21. The Labute approximate surface area is 86.1 Å². The zero-order chi connectivity index (χ0) is 10.7. The predicted molar refractivity (Wildman–Crippen MR) is 55.2 cm³/mol. The third-order valence-corrected chi connectivity index (χ3v) is 2.04. The van der Waals surface area contributed by atoms with Crippen molar-refractivity contribution in [1.82, 2.24) is 0 Å². The van der Waals surface area contributed by atoms with Gasteiger partial charge in [-0.3, -0.25) is 10.1 Å². The van der Waals surface area contributed by atoms with Crippen molar-refractivity contribution in [1.29, 1.82) is 0 Å². The second-order valence-corrected chi connectivity index (χ2v) is 3.16. The van der Waals surface area contributed by atoms with Crippen molar-refractivity contribution in [3.63, 3.8) is 0 Å². The van der Waals surface area contributed by atoms with Crippen molar-refractivity contribution in [2.24, 2.45) is 5.73 Å². The molecule has 0 fully saturated rings. The molecule has 74 valence electrons. The highest BCUT2D eigenvalue weighted by Crippen LogP contribution is 2.27. The van der Waals surface area contributed by atoms with Crippen LogP contribution in [0.3, 0.4) is 0 Å². The van der Waals surface area contributed by atoms with Crippen LogP contribution in [-0.4, -0.2) is 4.92 Å². The Morgan fingerprint density at radius 1 is 1.64 bits per heavy atom. The largest absolute Gasteiger partial charge is 0.321 e. The Balaban J connectivity index is 3.28. The molecule has 0 bridgehead atoms. The van der Waals surface area contributed by atoms with Crippen LogP contribution in [0.5, 0.6) is 0 Å². The van der Waals surface area contributed by atoms with Gasteiger partial charge >= 0.3 is 0 Å². The van der Waals surface area contributed by atoms with Crippen LogP contribution in [0.15, 0.2) is 30.9 Å². The van der Waals surface area contributed by atoms with Crippen LogP contribution in [0.25, 0.3) is 0 Å². The van der Waals surface area contributed by atoms with Gasteiger partial charge in [0.2, 0.25) is 0 Å². The fourth-order valence-electron chi connectivity index (χ4n) is 1.08. The predicted octanol–water partition coefficient (Wildman–Crippen LogP) is 2.43. The summed E-state index contributed by atoms with van der Waals surface area (Å²) < 4.78 is 0. The van der Waals surface area contributed by atoms with E-state index in [1.54, 1.807) is 6.07 Å². The van der Waals surface area contributed by atoms with Gasteiger partial charge in [-0.05, 0) is 12.1 Å². The minimum Gasteiger partial charge on any atom is -0.321 e. The molecule has 1 atom stereocenters. The molecule has 5 heteroatoms. The lowest BCUT2D eigenvalue weighted by Crippen LogP contribution is -2.09. The van der Waals surface area contributed by atoms with Gasteiger partial charge in [0.15, 0.2) is 0 Å². The van der Waals surface area contributed by atoms with E-state index in [9.17, 15) is 10.1 Å². The molecule has 0 radical (unpaired) electrons. The summed E-state index contributed by atoms with van der Waals surface area (Å²) in [6, 6.07) is 3.83. The van der Waals surface area contributed by atoms with Crippen LogP contribution < -0.4 is 5.73 Å². The minimum absolute atomic E-state index is 0.0788. The molecule has 0 amide bonds. The molecule has 4 nitrogen and oxygen atoms in total. The van der Waals surface area contributed by atoms with E-state index in [1.807, 2.05) is 0 Å². The number of nitro groups is 1. The van der Waals surface area contributed by atoms with E-state index < -0.39 is 11.0 Å². The molecular formula is C9H9ClN2O2. The maximum atomic E-state index is 10.7. The number of benzene rings is 1. The molecule has 1 rings (SSSR count). The Morgan fingerprint density at radius 2 is 2.29 bits per heavy atom. The molecule has 1 aromatic carbocycles. The van der Waals surface area contributed by atoms with E-state index in [0.29, 0.717) is 10.6 Å². The highest BCUT2D eigenvalue weighted by molar-refractivity contribution is 6.30. The van der Waals surface area contributed by atoms with Gasteiger partial charge in [-0.15, -0.1) is 6.58 Å². The first-order valence-corrected chi connectivity index (χ1v) is 4.26. The summed E-state index contributed by atoms with van der Waals surface area (Å²) in [5.74, 6) is 0. The molecule has 0 unspecified atom stereocenters. The zero-order valence-corrected chi connectivity index (χ0v) is 8.07. The van der Waals surface area contributed by atoms with E-state index in [2.05, 4.69) is 6.58 Å². The van der Waals surface area contributed by atoms with Crippen molar-refractivity contribution >= 4 is 17.3 Å². The van der Waals surface area contributed by atoms with Gasteiger partial charge in [0.1, 0.15) is 0 Å². The standard InChI is InChI=1S/C9H9ClN2O2/c1-2-8(11)7-4-3-6(10)5-9(7)12(13)14/h2-5,8H,1,11H2/t8-/m1/s1. The highest BCUT2D eigenvalue weighted by atomic mass is 35.5. The van der Waals surface area contributed by atoms with Gasteiger partial charge in [0.25, 0.3) is 5.69 Å². The average molecular weight is 213 g/mol. The molecule has 0 saturated heterocycles. The normalized spacial score (nSPS) is 12.1. The van der Waals surface area contributed by atoms with Crippen LogP contribution in [0.4, 0.5) is 5.69 Å². The summed E-state index contributed by atoms with van der Waals surface area (Å²) in [6.45, 7) is 3.48. The molecule has 0 spiro atoms. The molecule has 0 aromatic heterocycles. The first-order chi connectivity index (χ1) is 6.56. The zero-order valence-electron chi connectivity index (χ0n) is 7.31. The molecule has 0 aliphatic heterocycles. The van der Waals surface area contributed by atoms with E-state index in [1.165, 1.54) is 18.2 Å². The van der Waals surface area contributed by atoms with E-state index >= 15 is 0 Å². The van der Waals surface area contributed by atoms with Crippen molar-refractivity contribution in [2.45, 2.75) is 6.04 Å². The molecule has 2 N–H and O–H groups in total. The van der Waals surface area contributed by atoms with Gasteiger partial charge in [-0.25, -0.2) is 0 Å². The molecule has 1 aromatic rings. The van der Waals surface area contributed by atoms with E-state index in [4.69, 9.17) is 17.3 Å². The third kappa shape index (κ3) is 2.10. The van der Waals surface area contributed by atoms with Crippen LogP contribution in [0.1, 0.15) is 11.6 Å². The number of nitro benzene ring substituents is 1. The highest BCUT2D eigenvalue weighted by Gasteiger charge is 2.17. The van der Waals surface area contributed by atoms with Crippen LogP contribution in [-0.2, 0) is 0 Å². The Kier molecular flexibility index (Phi) is 3.22. The van der Waals surface area contributed by atoms with Crippen LogP contribution in [0, 0.1) is 10.1 Å². The maximum Gasteiger partial charge on any atom is 0.275 e. The number of halogens is 1. The molecule has 0 aliphatic rings. The first-order valence-electron chi connectivity index (χ1n) is 3.88. The topological polar surface area (TPSA) is 69.2 Å². The maximum absolute atomic E-state index is 10.7. The van der Waals surface area contributed by atoms with Crippen molar-refractivity contribution < 1.29 is 4.92 Å². The summed E-state index contributed by atoms with van der Waals surface area (Å²) in [5.41, 5.74) is 5.95. The van der Waals surface area contributed by atoms with Crippen molar-refractivity contribution in [2.75, 3.05) is 0 Å². The number of hydrogen-bond donors (Lipinski definition) is 1. The van der Waals surface area contributed by atoms with Gasteiger partial charge in [0, 0.05) is 11.1 Å². The van der Waals surface area contributed by atoms with E-state index in [-0.39, 0.29) is 5.69 Å². The molecule has 14 heavy (non-hydrogen) atoms. The molecular weight excluding hydrogens is 204 g/mol. The number of nitrogens with zero attached hydrogens (tertiary/aromatic N) is 1. The van der Waals surface area contributed by atoms with Gasteiger partial charge in [-0.1, -0.05) is 17.7 Å². The fourth-order valence-corrected chi connectivity index (χ4v) is 1.25. The van der Waals surface area contributed by atoms with E-state index in [0.717, 1.165) is 0 Å². The summed E-state index contributed by atoms with van der Waals surface area (Å²) in [6.07, 6.45) is 1.44. The number of hydrogen-bond acceptors (Lipinski definition) is 3. The summed E-state index contributed by atoms with van der Waals surface area (Å²) >= 11 is 5.64. The SMILES string of the molecule is C=C[C@@H](N)c1ccc(Cl)cc1[N+](=O)[O-]. The van der Waals surface area contributed by atoms with Gasteiger partial charge in [-0.2, -0.15) is 0 Å². The molecule has 0 saturated carbocycles. The third-order valence-electron chi connectivity index (χ3n) is 1.80. The van der Waals surface area contributed by atoms with Crippen molar-refractivity contribution in [3.8, 4) is 0 Å². The van der Waals surface area contributed by atoms with Crippen LogP contribution >= 0.6 is 11.6 Å². The number of nitrogens with two attached hydrogens (primary N) is 1. The molecule has 0 aliphatic carbocycles. The molecule has 0 heterocycles. The smallest absolute Gasteiger partial charge is 0.275 e. The summed E-state index contributed by atoms with van der Waals surface area (Å²) in [5, 5.41) is 11.0. The van der Waals surface area contributed by atoms with Gasteiger partial charge < -0.3 is 5.73 Å². The lowest BCUT2D eigenvalue weighted by Gasteiger charge is -2.06. The second-order valence-electron chi connectivity index (χ2n) is 2.72. The fraction of sp³-hybridized carbons (Fsp3) is 0.111. The minimum atomic E-state index is -0.548. The monoisotopic (exact) mass is 212 g/mol. The van der Waals surface area contributed by atoms with Crippen LogP contribution in [0.2, 0.25) is 5.02 Å². The van der Waals surface area contributed by atoms with Gasteiger partial charge in [0.05, 0.1) is 16.5 Å². The van der Waals surface area contributed by atoms with Crippen molar-refractivity contribution in [3.05, 3.63) is 51.6 Å². The quantitative estimate of drug-likeness (QED) is 0.475. The Morgan fingerprint density at radius 3 is 2.79 bits per heavy atom. The number of rotatable bonds is 3. The Bertz CT molecular complexity index is 379. The first kappa shape index (κ1) is 10.7. The lowest BCUT2D eigenvalue weighted by atomic mass is 10.1. The summed E-state index contributed by atoms with van der Waals surface area (Å²) in [4.78, 5) is 10.1. The lowest BCUT2D eigenvalue weighted by molar-refractivity contribution is -0.385.